The molecule has 0 atom stereocenters. The van der Waals surface area contributed by atoms with E-state index in [2.05, 4.69) is 30.8 Å². The SMILES string of the molecule is CNC(=O)c1ccc(NC(=O)Nc2ccc(-c3nc(N4CCOCC4)c4ccc(-c5cncnc5)cc4n3)cc2)cc1. The number of fused-ring (bicyclic) bond motifs is 1. The van der Waals surface area contributed by atoms with E-state index in [0.717, 1.165) is 46.5 Å². The van der Waals surface area contributed by atoms with Crippen LogP contribution in [0.3, 0.4) is 0 Å². The number of anilines is 3. The summed E-state index contributed by atoms with van der Waals surface area (Å²) in [6.45, 7) is 2.76. The fourth-order valence-corrected chi connectivity index (χ4v) is 4.73. The number of hydrogen-bond donors (Lipinski definition) is 3. The third kappa shape index (κ3) is 5.86. The van der Waals surface area contributed by atoms with Crippen molar-refractivity contribution in [3.63, 3.8) is 0 Å². The Hall–Kier alpha value is -5.42. The minimum absolute atomic E-state index is 0.190. The van der Waals surface area contributed by atoms with Crippen LogP contribution in [0.5, 0.6) is 0 Å². The van der Waals surface area contributed by atoms with Gasteiger partial charge in [-0.15, -0.1) is 0 Å². The Labute approximate surface area is 242 Å². The van der Waals surface area contributed by atoms with E-state index in [4.69, 9.17) is 14.7 Å². The van der Waals surface area contributed by atoms with E-state index in [9.17, 15) is 9.59 Å². The Bertz CT molecular complexity index is 1720. The van der Waals surface area contributed by atoms with Gasteiger partial charge in [0.15, 0.2) is 5.82 Å². The van der Waals surface area contributed by atoms with Crippen LogP contribution in [0.1, 0.15) is 10.4 Å². The zero-order valence-corrected chi connectivity index (χ0v) is 22.9. The highest BCUT2D eigenvalue weighted by Crippen LogP contribution is 2.31. The number of nitrogens with zero attached hydrogens (tertiary/aromatic N) is 5. The quantitative estimate of drug-likeness (QED) is 0.275. The summed E-state index contributed by atoms with van der Waals surface area (Å²) < 4.78 is 5.57. The molecule has 1 saturated heterocycles. The van der Waals surface area contributed by atoms with Crippen LogP contribution in [-0.2, 0) is 4.74 Å². The molecule has 11 nitrogen and oxygen atoms in total. The predicted molar refractivity (Wildman–Crippen MR) is 162 cm³/mol. The molecule has 11 heteroatoms. The van der Waals surface area contributed by atoms with Crippen LogP contribution in [0.15, 0.2) is 85.5 Å². The van der Waals surface area contributed by atoms with Crippen LogP contribution in [0.4, 0.5) is 22.0 Å². The first-order chi connectivity index (χ1) is 20.6. The van der Waals surface area contributed by atoms with Crippen molar-refractivity contribution < 1.29 is 14.3 Å². The second kappa shape index (κ2) is 12.0. The van der Waals surface area contributed by atoms with E-state index in [-0.39, 0.29) is 5.91 Å². The molecule has 3 heterocycles. The molecule has 0 spiro atoms. The summed E-state index contributed by atoms with van der Waals surface area (Å²) in [4.78, 5) is 44.7. The summed E-state index contributed by atoms with van der Waals surface area (Å²) in [5.41, 5.74) is 5.19. The lowest BCUT2D eigenvalue weighted by atomic mass is 10.1. The highest BCUT2D eigenvalue weighted by molar-refractivity contribution is 6.00. The van der Waals surface area contributed by atoms with Crippen molar-refractivity contribution in [2.24, 2.45) is 0 Å². The van der Waals surface area contributed by atoms with Crippen molar-refractivity contribution >= 4 is 40.0 Å². The Balaban J connectivity index is 1.25. The average molecular weight is 561 g/mol. The van der Waals surface area contributed by atoms with E-state index >= 15 is 0 Å². The molecule has 3 amide bonds. The summed E-state index contributed by atoms with van der Waals surface area (Å²) in [5.74, 6) is 1.25. The van der Waals surface area contributed by atoms with Crippen LogP contribution in [0.25, 0.3) is 33.4 Å². The molecule has 42 heavy (non-hydrogen) atoms. The summed E-state index contributed by atoms with van der Waals surface area (Å²) >= 11 is 0. The molecule has 3 aromatic carbocycles. The molecule has 1 fully saturated rings. The standard InChI is InChI=1S/C31H28N8O3/c1-32-30(40)21-4-9-25(10-5-21)36-31(41)35-24-7-2-20(3-8-24)28-37-27-16-22(23-17-33-19-34-18-23)6-11-26(27)29(38-28)39-12-14-42-15-13-39/h2-11,16-19H,12-15H2,1H3,(H,32,40)(H2,35,36,41). The maximum absolute atomic E-state index is 12.6. The number of hydrogen-bond acceptors (Lipinski definition) is 8. The van der Waals surface area contributed by atoms with Gasteiger partial charge in [-0.2, -0.15) is 0 Å². The summed E-state index contributed by atoms with van der Waals surface area (Å²) in [6, 6.07) is 19.7. The molecule has 5 aromatic rings. The number of nitrogens with one attached hydrogen (secondary N) is 3. The number of carbonyl (C=O) groups excluding carboxylic acids is 2. The molecule has 3 N–H and O–H groups in total. The van der Waals surface area contributed by atoms with Crippen molar-refractivity contribution in [1.29, 1.82) is 0 Å². The van der Waals surface area contributed by atoms with Crippen molar-refractivity contribution in [2.75, 3.05) is 48.9 Å². The van der Waals surface area contributed by atoms with Gasteiger partial charge in [0.05, 0.1) is 18.7 Å². The zero-order chi connectivity index (χ0) is 28.9. The lowest BCUT2D eigenvalue weighted by Crippen LogP contribution is -2.37. The van der Waals surface area contributed by atoms with Gasteiger partial charge in [-0.3, -0.25) is 4.79 Å². The van der Waals surface area contributed by atoms with Gasteiger partial charge >= 0.3 is 6.03 Å². The number of aromatic nitrogens is 4. The molecule has 2 aromatic heterocycles. The first kappa shape index (κ1) is 26.8. The number of rotatable bonds is 6. The van der Waals surface area contributed by atoms with Crippen LogP contribution >= 0.6 is 0 Å². The number of morpholine rings is 1. The lowest BCUT2D eigenvalue weighted by Gasteiger charge is -2.29. The van der Waals surface area contributed by atoms with E-state index in [1.165, 1.54) is 6.33 Å². The van der Waals surface area contributed by atoms with Crippen molar-refractivity contribution in [2.45, 2.75) is 0 Å². The summed E-state index contributed by atoms with van der Waals surface area (Å²) in [5, 5.41) is 9.13. The van der Waals surface area contributed by atoms with Gasteiger partial charge in [-0.1, -0.05) is 6.07 Å². The first-order valence-corrected chi connectivity index (χ1v) is 13.5. The summed E-state index contributed by atoms with van der Waals surface area (Å²) in [7, 11) is 1.57. The van der Waals surface area contributed by atoms with E-state index < -0.39 is 6.03 Å². The molecule has 6 rings (SSSR count). The number of urea groups is 1. The number of carbonyl (C=O) groups is 2. The fraction of sp³-hybridized carbons (Fsp3) is 0.161. The van der Waals surface area contributed by atoms with E-state index in [0.29, 0.717) is 36.0 Å². The zero-order valence-electron chi connectivity index (χ0n) is 22.9. The number of benzene rings is 3. The highest BCUT2D eigenvalue weighted by Gasteiger charge is 2.19. The number of amides is 3. The Morgan fingerprint density at radius 3 is 2.10 bits per heavy atom. The molecule has 1 aliphatic rings. The molecule has 1 aliphatic heterocycles. The first-order valence-electron chi connectivity index (χ1n) is 13.5. The normalized spacial score (nSPS) is 13.0. The Kier molecular flexibility index (Phi) is 7.64. The average Bonchev–Trinajstić information content (AvgIpc) is 3.05. The largest absolute Gasteiger partial charge is 0.378 e. The van der Waals surface area contributed by atoms with Crippen molar-refractivity contribution in [1.82, 2.24) is 25.3 Å². The molecule has 0 saturated carbocycles. The smallest absolute Gasteiger partial charge is 0.323 e. The van der Waals surface area contributed by atoms with Crippen LogP contribution < -0.4 is 20.9 Å². The predicted octanol–water partition coefficient (Wildman–Crippen LogP) is 4.59. The Morgan fingerprint density at radius 1 is 0.786 bits per heavy atom. The monoisotopic (exact) mass is 560 g/mol. The van der Waals surface area contributed by atoms with Gasteiger partial charge in [0.25, 0.3) is 5.91 Å². The molecular formula is C31H28N8O3. The van der Waals surface area contributed by atoms with Crippen LogP contribution in [0.2, 0.25) is 0 Å². The number of ether oxygens (including phenoxy) is 1. The van der Waals surface area contributed by atoms with Gasteiger partial charge in [0, 0.05) is 66.0 Å². The molecule has 210 valence electrons. The van der Waals surface area contributed by atoms with Gasteiger partial charge in [0.2, 0.25) is 0 Å². The molecule has 0 bridgehead atoms. The van der Waals surface area contributed by atoms with Gasteiger partial charge in [-0.05, 0) is 66.2 Å². The van der Waals surface area contributed by atoms with Crippen molar-refractivity contribution in [3.8, 4) is 22.5 Å². The minimum Gasteiger partial charge on any atom is -0.378 e. The van der Waals surface area contributed by atoms with Crippen LogP contribution in [0, 0.1) is 0 Å². The van der Waals surface area contributed by atoms with Gasteiger partial charge in [0.1, 0.15) is 12.1 Å². The minimum atomic E-state index is -0.399. The van der Waals surface area contributed by atoms with E-state index in [1.807, 2.05) is 42.5 Å². The third-order valence-electron chi connectivity index (χ3n) is 6.91. The molecule has 0 aliphatic carbocycles. The van der Waals surface area contributed by atoms with E-state index in [1.54, 1.807) is 43.7 Å². The maximum Gasteiger partial charge on any atom is 0.323 e. The molecule has 0 unspecified atom stereocenters. The van der Waals surface area contributed by atoms with Crippen LogP contribution in [-0.4, -0.2) is 65.2 Å². The second-order valence-corrected chi connectivity index (χ2v) is 9.64. The van der Waals surface area contributed by atoms with Gasteiger partial charge < -0.3 is 25.6 Å². The maximum atomic E-state index is 12.6. The lowest BCUT2D eigenvalue weighted by molar-refractivity contribution is 0.0963. The third-order valence-corrected chi connectivity index (χ3v) is 6.91. The molecular weight excluding hydrogens is 532 g/mol. The van der Waals surface area contributed by atoms with Gasteiger partial charge in [-0.25, -0.2) is 24.7 Å². The fourth-order valence-electron chi connectivity index (χ4n) is 4.73. The van der Waals surface area contributed by atoms with Crippen molar-refractivity contribution in [3.05, 3.63) is 91.0 Å². The Morgan fingerprint density at radius 2 is 1.43 bits per heavy atom. The summed E-state index contributed by atoms with van der Waals surface area (Å²) in [6.07, 6.45) is 5.07. The highest BCUT2D eigenvalue weighted by atomic mass is 16.5. The topological polar surface area (TPSA) is 134 Å². The second-order valence-electron chi connectivity index (χ2n) is 9.64. The molecule has 0 radical (unpaired) electrons.